The highest BCUT2D eigenvalue weighted by Crippen LogP contribution is 2.22. The molecule has 1 aromatic carbocycles. The average molecular weight is 389 g/mol. The maximum Gasteiger partial charge on any atom is 0.493 e. The van der Waals surface area contributed by atoms with E-state index in [0.717, 1.165) is 17.4 Å². The molecule has 1 N–H and O–H groups in total. The van der Waals surface area contributed by atoms with Gasteiger partial charge < -0.3 is 19.4 Å². The van der Waals surface area contributed by atoms with Gasteiger partial charge >= 0.3 is 13.1 Å². The Morgan fingerprint density at radius 2 is 1.79 bits per heavy atom. The third-order valence-corrected chi connectivity index (χ3v) is 5.06. The van der Waals surface area contributed by atoms with Crippen LogP contribution in [0.5, 0.6) is 0 Å². The predicted molar refractivity (Wildman–Crippen MR) is 109 cm³/mol. The summed E-state index contributed by atoms with van der Waals surface area (Å²) < 4.78 is 16.9. The van der Waals surface area contributed by atoms with Gasteiger partial charge in [-0.2, -0.15) is 0 Å². The first-order valence-corrected chi connectivity index (χ1v) is 9.89. The zero-order valence-electron chi connectivity index (χ0n) is 17.7. The SMILES string of the molecule is CCC(CCc1ccc(B2OCC(C)(C)CO2)cc1)(COC(C)=O)NC(C)=O. The van der Waals surface area contributed by atoms with Crippen molar-refractivity contribution in [1.82, 2.24) is 5.32 Å². The van der Waals surface area contributed by atoms with Gasteiger partial charge in [-0.05, 0) is 30.3 Å². The Morgan fingerprint density at radius 3 is 2.29 bits per heavy atom. The van der Waals surface area contributed by atoms with Gasteiger partial charge in [-0.15, -0.1) is 0 Å². The second kappa shape index (κ2) is 9.57. The Bertz CT molecular complexity index is 666. The highest BCUT2D eigenvalue weighted by Gasteiger charge is 2.33. The van der Waals surface area contributed by atoms with Crippen molar-refractivity contribution in [1.29, 1.82) is 0 Å². The molecule has 1 aliphatic heterocycles. The second-order valence-corrected chi connectivity index (χ2v) is 8.46. The van der Waals surface area contributed by atoms with Crippen LogP contribution < -0.4 is 10.8 Å². The molecule has 1 atom stereocenters. The summed E-state index contributed by atoms with van der Waals surface area (Å²) in [5, 5.41) is 2.98. The van der Waals surface area contributed by atoms with E-state index in [0.29, 0.717) is 26.1 Å². The number of hydrogen-bond acceptors (Lipinski definition) is 5. The van der Waals surface area contributed by atoms with Crippen molar-refractivity contribution >= 4 is 24.5 Å². The number of esters is 1. The average Bonchev–Trinajstić information content (AvgIpc) is 2.64. The third kappa shape index (κ3) is 6.64. The maximum absolute atomic E-state index is 11.7. The minimum absolute atomic E-state index is 0.0472. The van der Waals surface area contributed by atoms with Crippen LogP contribution in [0.4, 0.5) is 0 Å². The normalized spacial score (nSPS) is 18.2. The van der Waals surface area contributed by atoms with Crippen molar-refractivity contribution in [3.8, 4) is 0 Å². The van der Waals surface area contributed by atoms with Crippen LogP contribution in [0.25, 0.3) is 0 Å². The van der Waals surface area contributed by atoms with Crippen LogP contribution in [-0.2, 0) is 30.1 Å². The fourth-order valence-corrected chi connectivity index (χ4v) is 3.26. The lowest BCUT2D eigenvalue weighted by Gasteiger charge is -2.33. The van der Waals surface area contributed by atoms with Crippen molar-refractivity contribution in [3.05, 3.63) is 29.8 Å². The first kappa shape index (κ1) is 22.4. The first-order valence-electron chi connectivity index (χ1n) is 9.89. The van der Waals surface area contributed by atoms with Gasteiger partial charge in [-0.3, -0.25) is 9.59 Å². The monoisotopic (exact) mass is 389 g/mol. The lowest BCUT2D eigenvalue weighted by molar-refractivity contribution is -0.144. The number of hydrogen-bond donors (Lipinski definition) is 1. The molecule has 1 fully saturated rings. The van der Waals surface area contributed by atoms with Gasteiger partial charge in [-0.1, -0.05) is 45.0 Å². The van der Waals surface area contributed by atoms with Crippen LogP contribution in [0, 0.1) is 5.41 Å². The molecule has 1 saturated heterocycles. The lowest BCUT2D eigenvalue weighted by Crippen LogP contribution is -2.51. The fourth-order valence-electron chi connectivity index (χ4n) is 3.26. The number of rotatable bonds is 8. The highest BCUT2D eigenvalue weighted by atomic mass is 16.6. The maximum atomic E-state index is 11.7. The molecular weight excluding hydrogens is 357 g/mol. The van der Waals surface area contributed by atoms with Gasteiger partial charge in [0.1, 0.15) is 6.61 Å². The van der Waals surface area contributed by atoms with Gasteiger partial charge in [0, 0.05) is 32.5 Å². The van der Waals surface area contributed by atoms with Crippen molar-refractivity contribution in [2.24, 2.45) is 5.41 Å². The molecule has 1 heterocycles. The molecule has 0 bridgehead atoms. The summed E-state index contributed by atoms with van der Waals surface area (Å²) in [5.74, 6) is -0.470. The number of benzene rings is 1. The zero-order chi connectivity index (χ0) is 20.8. The molecule has 0 radical (unpaired) electrons. The zero-order valence-corrected chi connectivity index (χ0v) is 17.7. The molecule has 0 saturated carbocycles. The van der Waals surface area contributed by atoms with Crippen LogP contribution in [0.2, 0.25) is 0 Å². The van der Waals surface area contributed by atoms with Crippen LogP contribution >= 0.6 is 0 Å². The van der Waals surface area contributed by atoms with Crippen molar-refractivity contribution in [2.75, 3.05) is 19.8 Å². The van der Waals surface area contributed by atoms with Crippen LogP contribution in [-0.4, -0.2) is 44.4 Å². The molecule has 1 aliphatic rings. The summed E-state index contributed by atoms with van der Waals surface area (Å²) in [6.45, 7) is 10.6. The first-order chi connectivity index (χ1) is 13.1. The Morgan fingerprint density at radius 1 is 1.18 bits per heavy atom. The fraction of sp³-hybridized carbons (Fsp3) is 0.619. The smallest absolute Gasteiger partial charge is 0.463 e. The number of amides is 1. The highest BCUT2D eigenvalue weighted by molar-refractivity contribution is 6.61. The molecule has 28 heavy (non-hydrogen) atoms. The van der Waals surface area contributed by atoms with E-state index in [1.165, 1.54) is 13.8 Å². The van der Waals surface area contributed by atoms with Crippen LogP contribution in [0.3, 0.4) is 0 Å². The Kier molecular flexibility index (Phi) is 7.66. The molecule has 1 amide bonds. The van der Waals surface area contributed by atoms with Gasteiger partial charge in [0.25, 0.3) is 0 Å². The van der Waals surface area contributed by atoms with E-state index in [-0.39, 0.29) is 31.0 Å². The lowest BCUT2D eigenvalue weighted by atomic mass is 9.75. The molecule has 1 aromatic rings. The van der Waals surface area contributed by atoms with Crippen molar-refractivity contribution < 1.29 is 23.6 Å². The minimum Gasteiger partial charge on any atom is -0.463 e. The second-order valence-electron chi connectivity index (χ2n) is 8.46. The Labute approximate surface area is 168 Å². The van der Waals surface area contributed by atoms with E-state index < -0.39 is 5.54 Å². The van der Waals surface area contributed by atoms with Crippen LogP contribution in [0.15, 0.2) is 24.3 Å². The molecule has 0 aliphatic carbocycles. The molecule has 2 rings (SSSR count). The predicted octanol–water partition coefficient (Wildman–Crippen LogP) is 2.24. The van der Waals surface area contributed by atoms with Crippen molar-refractivity contribution in [2.45, 2.75) is 59.4 Å². The number of carbonyl (C=O) groups is 2. The molecule has 6 nitrogen and oxygen atoms in total. The van der Waals surface area contributed by atoms with Gasteiger partial charge in [-0.25, -0.2) is 0 Å². The van der Waals surface area contributed by atoms with E-state index in [1.807, 2.05) is 19.1 Å². The molecular formula is C21H32BNO5. The number of aryl methyl sites for hydroxylation is 1. The van der Waals surface area contributed by atoms with E-state index in [9.17, 15) is 9.59 Å². The molecule has 1 unspecified atom stereocenters. The summed E-state index contributed by atoms with van der Waals surface area (Å²) in [4.78, 5) is 22.9. The van der Waals surface area contributed by atoms with Gasteiger partial charge in [0.2, 0.25) is 5.91 Å². The Balaban J connectivity index is 1.99. The standard InChI is InChI=1S/C21H32BNO5/c1-6-21(23-16(2)24,15-26-17(3)25)12-11-18-7-9-19(10-8-18)22-27-13-20(4,5)14-28-22/h7-10H,6,11-15H2,1-5H3,(H,23,24). The van der Waals surface area contributed by atoms with E-state index >= 15 is 0 Å². The molecule has 7 heteroatoms. The summed E-state index contributed by atoms with van der Waals surface area (Å²) in [6, 6.07) is 8.16. The van der Waals surface area contributed by atoms with E-state index in [2.05, 4.69) is 31.3 Å². The molecule has 0 spiro atoms. The molecule has 0 aromatic heterocycles. The van der Waals surface area contributed by atoms with Crippen LogP contribution in [0.1, 0.15) is 53.0 Å². The number of nitrogens with one attached hydrogen (secondary N) is 1. The van der Waals surface area contributed by atoms with Gasteiger partial charge in [0.05, 0.1) is 5.54 Å². The summed E-state index contributed by atoms with van der Waals surface area (Å²) >= 11 is 0. The minimum atomic E-state index is -0.558. The number of carbonyl (C=O) groups excluding carboxylic acids is 2. The summed E-state index contributed by atoms with van der Waals surface area (Å²) in [5.41, 5.74) is 1.64. The third-order valence-electron chi connectivity index (χ3n) is 5.06. The largest absolute Gasteiger partial charge is 0.493 e. The summed E-state index contributed by atoms with van der Waals surface area (Å²) in [7, 11) is -0.319. The van der Waals surface area contributed by atoms with Gasteiger partial charge in [0.15, 0.2) is 0 Å². The van der Waals surface area contributed by atoms with Crippen molar-refractivity contribution in [3.63, 3.8) is 0 Å². The Hall–Kier alpha value is -1.86. The molecule has 154 valence electrons. The topological polar surface area (TPSA) is 73.9 Å². The quantitative estimate of drug-likeness (QED) is 0.545. The van der Waals surface area contributed by atoms with E-state index in [1.54, 1.807) is 0 Å². The van der Waals surface area contributed by atoms with E-state index in [4.69, 9.17) is 14.0 Å². The number of ether oxygens (including phenoxy) is 1. The summed E-state index contributed by atoms with van der Waals surface area (Å²) in [6.07, 6.45) is 2.12.